The molecule has 1 unspecified atom stereocenters. The molecule has 3 aromatic rings. The molecule has 2 aromatic carbocycles. The third-order valence-corrected chi connectivity index (χ3v) is 9.46. The Bertz CT molecular complexity index is 1620. The zero-order valence-electron chi connectivity index (χ0n) is 29.1. The molecule has 0 aliphatic carbocycles. The fourth-order valence-electron chi connectivity index (χ4n) is 6.41. The Morgan fingerprint density at radius 1 is 1.02 bits per heavy atom. The van der Waals surface area contributed by atoms with Gasteiger partial charge in [0.15, 0.2) is 5.43 Å². The van der Waals surface area contributed by atoms with Crippen molar-refractivity contribution in [2.45, 2.75) is 102 Å². The first-order valence-electron chi connectivity index (χ1n) is 18.0. The van der Waals surface area contributed by atoms with Gasteiger partial charge in [0.25, 0.3) is 0 Å². The molecule has 0 bridgehead atoms. The van der Waals surface area contributed by atoms with Crippen LogP contribution in [-0.4, -0.2) is 54.0 Å². The third kappa shape index (κ3) is 11.5. The van der Waals surface area contributed by atoms with Crippen molar-refractivity contribution in [3.8, 4) is 22.8 Å². The number of aliphatic hydroxyl groups excluding tert-OH is 1. The Morgan fingerprint density at radius 3 is 2.43 bits per heavy atom. The maximum absolute atomic E-state index is 13.3. The molecular formula is C40H53ClN2O6. The molecule has 49 heavy (non-hydrogen) atoms. The van der Waals surface area contributed by atoms with Gasteiger partial charge in [-0.25, -0.2) is 4.79 Å². The third-order valence-electron chi connectivity index (χ3n) is 9.13. The number of nitrogens with zero attached hydrogens (tertiary/aromatic N) is 1. The molecule has 1 aliphatic rings. The van der Waals surface area contributed by atoms with Gasteiger partial charge in [0.05, 0.1) is 11.1 Å². The lowest BCUT2D eigenvalue weighted by atomic mass is 9.85. The Morgan fingerprint density at radius 2 is 1.71 bits per heavy atom. The number of phenols is 1. The van der Waals surface area contributed by atoms with Gasteiger partial charge in [-0.15, -0.1) is 0 Å². The number of piperidine rings is 1. The van der Waals surface area contributed by atoms with Crippen LogP contribution in [0.5, 0.6) is 11.5 Å². The lowest BCUT2D eigenvalue weighted by Crippen LogP contribution is -2.40. The number of likely N-dealkylation sites (N-methyl/N-ethyl adjacent to an activating group) is 1. The number of aliphatic hydroxyl groups is 1. The Balaban J connectivity index is 1.32. The van der Waals surface area contributed by atoms with Crippen molar-refractivity contribution >= 4 is 28.7 Å². The number of β-amino-alcohol motifs (C(OH)–C–C–N with tert-alkyl or cyclic N) is 1. The molecule has 1 fully saturated rings. The topological polar surface area (TPSA) is 112 Å². The first kappa shape index (κ1) is 38.2. The second-order valence-electron chi connectivity index (χ2n) is 13.1. The summed E-state index contributed by atoms with van der Waals surface area (Å²) in [5, 5.41) is 25.3. The maximum atomic E-state index is 13.3. The van der Waals surface area contributed by atoms with Crippen LogP contribution < -0.4 is 15.5 Å². The van der Waals surface area contributed by atoms with Crippen molar-refractivity contribution in [1.29, 1.82) is 0 Å². The number of ether oxygens (including phenoxy) is 1. The molecule has 0 saturated carbocycles. The molecule has 1 aromatic heterocycles. The molecule has 266 valence electrons. The number of phenolic OH excluding ortho intramolecular Hbond substituents is 1. The second kappa shape index (κ2) is 20.2. The maximum Gasteiger partial charge on any atom is 0.412 e. The smallest absolute Gasteiger partial charge is 0.412 e. The zero-order valence-corrected chi connectivity index (χ0v) is 29.9. The van der Waals surface area contributed by atoms with Crippen LogP contribution >= 0.6 is 11.6 Å². The predicted octanol–water partition coefficient (Wildman–Crippen LogP) is 9.50. The molecule has 8 nitrogen and oxygen atoms in total. The quantitative estimate of drug-likeness (QED) is 0.0899. The van der Waals surface area contributed by atoms with Crippen molar-refractivity contribution in [3.05, 3.63) is 81.5 Å². The number of hydrogen-bond acceptors (Lipinski definition) is 7. The highest BCUT2D eigenvalue weighted by atomic mass is 35.5. The molecule has 9 heteroatoms. The molecule has 2 heterocycles. The molecule has 1 saturated heterocycles. The van der Waals surface area contributed by atoms with Crippen LogP contribution in [0.3, 0.4) is 0 Å². The Kier molecular flexibility index (Phi) is 15.7. The Hall–Kier alpha value is -3.59. The number of halogens is 1. The van der Waals surface area contributed by atoms with E-state index >= 15 is 0 Å². The fourth-order valence-corrected chi connectivity index (χ4v) is 6.64. The number of fused-ring (bicyclic) bond motifs is 1. The summed E-state index contributed by atoms with van der Waals surface area (Å²) in [6.45, 7) is 3.75. The van der Waals surface area contributed by atoms with E-state index in [1.165, 1.54) is 50.7 Å². The highest BCUT2D eigenvalue weighted by Gasteiger charge is 2.34. The van der Waals surface area contributed by atoms with Gasteiger partial charge in [-0.1, -0.05) is 93.5 Å². The van der Waals surface area contributed by atoms with E-state index in [1.807, 2.05) is 11.9 Å². The van der Waals surface area contributed by atoms with E-state index in [0.717, 1.165) is 38.5 Å². The number of likely N-dealkylation sites (tertiary alicyclic amines) is 1. The minimum Gasteiger partial charge on any atom is -0.507 e. The number of nitrogens with one attached hydrogen (secondary N) is 1. The molecule has 4 rings (SSSR count). The summed E-state index contributed by atoms with van der Waals surface area (Å²) >= 11 is 6.42. The van der Waals surface area contributed by atoms with Gasteiger partial charge in [0.2, 0.25) is 0 Å². The van der Waals surface area contributed by atoms with Gasteiger partial charge in [0.1, 0.15) is 28.2 Å². The second-order valence-corrected chi connectivity index (χ2v) is 13.5. The summed E-state index contributed by atoms with van der Waals surface area (Å²) in [6.07, 6.45) is 21.8. The number of rotatable bonds is 18. The van der Waals surface area contributed by atoms with Gasteiger partial charge in [0, 0.05) is 42.3 Å². The minimum absolute atomic E-state index is 0.0361. The summed E-state index contributed by atoms with van der Waals surface area (Å²) in [6, 6.07) is 9.55. The average molecular weight is 693 g/mol. The minimum atomic E-state index is -0.815. The number of aromatic hydroxyl groups is 1. The zero-order chi connectivity index (χ0) is 35.0. The van der Waals surface area contributed by atoms with E-state index < -0.39 is 23.5 Å². The van der Waals surface area contributed by atoms with E-state index in [4.69, 9.17) is 20.8 Å². The number of carbonyl (C=O) groups excluding carboxylic acids is 1. The molecule has 0 radical (unpaired) electrons. The summed E-state index contributed by atoms with van der Waals surface area (Å²) in [4.78, 5) is 28.3. The highest BCUT2D eigenvalue weighted by Crippen LogP contribution is 2.43. The van der Waals surface area contributed by atoms with Crippen molar-refractivity contribution in [2.24, 2.45) is 0 Å². The van der Waals surface area contributed by atoms with Crippen molar-refractivity contribution in [3.63, 3.8) is 0 Å². The normalized spacial score (nSPS) is 17.0. The van der Waals surface area contributed by atoms with E-state index in [1.54, 1.807) is 24.3 Å². The number of allylic oxidation sites excluding steroid dienone is 4. The summed E-state index contributed by atoms with van der Waals surface area (Å²) in [7, 11) is 1.92. The molecule has 2 atom stereocenters. The van der Waals surface area contributed by atoms with E-state index in [0.29, 0.717) is 42.2 Å². The van der Waals surface area contributed by atoms with Gasteiger partial charge in [-0.3, -0.25) is 4.79 Å². The standard InChI is InChI=1S/C40H53ClN2O6/c1-3-4-5-6-7-8-9-10-11-12-13-14-15-16-17-20-24-42-40(47)49-36-27-33(45)38-32(44)26-35(29-21-18-19-22-31(29)41)48-39(38)37(36)30-23-25-43(2)28-34(30)46/h7-8,10-11,18-19,21-22,26-27,30,34,45-46H,3-6,9,12-17,20,23-25,28H2,1-2H3,(H,42,47)/b8-7-,11-10-/t30?,34-/m0/s1. The number of hydrogen-bond donors (Lipinski definition) is 3. The number of benzene rings is 2. The lowest BCUT2D eigenvalue weighted by Gasteiger charge is -2.34. The first-order chi connectivity index (χ1) is 23.8. The largest absolute Gasteiger partial charge is 0.507 e. The monoisotopic (exact) mass is 692 g/mol. The SMILES string of the molecule is CCCCC/C=C\C/C=C\CCCCCCCCNC(=O)Oc1cc(O)c2c(=O)cc(-c3ccccc3Cl)oc2c1C1CCN(C)C[C@@H]1O. The Labute approximate surface area is 295 Å². The van der Waals surface area contributed by atoms with Crippen LogP contribution in [0.25, 0.3) is 22.3 Å². The summed E-state index contributed by atoms with van der Waals surface area (Å²) < 4.78 is 12.0. The van der Waals surface area contributed by atoms with E-state index in [2.05, 4.69) is 36.5 Å². The van der Waals surface area contributed by atoms with Crippen molar-refractivity contribution in [2.75, 3.05) is 26.7 Å². The summed E-state index contributed by atoms with van der Waals surface area (Å²) in [5.74, 6) is -0.606. The number of carbonyl (C=O) groups is 1. The average Bonchev–Trinajstić information content (AvgIpc) is 3.07. The van der Waals surface area contributed by atoms with E-state index in [9.17, 15) is 19.8 Å². The molecule has 1 amide bonds. The highest BCUT2D eigenvalue weighted by molar-refractivity contribution is 6.33. The van der Waals surface area contributed by atoms with Gasteiger partial charge >= 0.3 is 6.09 Å². The molecular weight excluding hydrogens is 640 g/mol. The van der Waals surface area contributed by atoms with Crippen LogP contribution in [0.4, 0.5) is 4.79 Å². The predicted molar refractivity (Wildman–Crippen MR) is 199 cm³/mol. The lowest BCUT2D eigenvalue weighted by molar-refractivity contribution is 0.0630. The van der Waals surface area contributed by atoms with Crippen LogP contribution in [0.2, 0.25) is 5.02 Å². The first-order valence-corrected chi connectivity index (χ1v) is 18.4. The van der Waals surface area contributed by atoms with Crippen LogP contribution in [-0.2, 0) is 0 Å². The summed E-state index contributed by atoms with van der Waals surface area (Å²) in [5.41, 5.74) is 0.493. The number of amides is 1. The van der Waals surface area contributed by atoms with Crippen LogP contribution in [0.15, 0.2) is 69.9 Å². The fraction of sp³-hybridized carbons (Fsp3) is 0.500. The van der Waals surface area contributed by atoms with E-state index in [-0.39, 0.29) is 28.2 Å². The van der Waals surface area contributed by atoms with Gasteiger partial charge in [-0.05, 0) is 70.7 Å². The molecule has 3 N–H and O–H groups in total. The number of unbranched alkanes of at least 4 members (excludes halogenated alkanes) is 9. The molecule has 1 aliphatic heterocycles. The van der Waals surface area contributed by atoms with Crippen LogP contribution in [0, 0.1) is 0 Å². The van der Waals surface area contributed by atoms with Crippen molar-refractivity contribution in [1.82, 2.24) is 10.2 Å². The van der Waals surface area contributed by atoms with Gasteiger partial charge < -0.3 is 29.6 Å². The van der Waals surface area contributed by atoms with Crippen LogP contribution in [0.1, 0.15) is 102 Å². The van der Waals surface area contributed by atoms with Crippen molar-refractivity contribution < 1.29 is 24.2 Å². The molecule has 0 spiro atoms. The van der Waals surface area contributed by atoms with Gasteiger partial charge in [-0.2, -0.15) is 0 Å².